The van der Waals surface area contributed by atoms with E-state index in [2.05, 4.69) is 9.97 Å². The third-order valence-corrected chi connectivity index (χ3v) is 5.57. The summed E-state index contributed by atoms with van der Waals surface area (Å²) in [7, 11) is 2.99. The van der Waals surface area contributed by atoms with E-state index in [-0.39, 0.29) is 11.3 Å². The summed E-state index contributed by atoms with van der Waals surface area (Å²) < 4.78 is 12.5. The third-order valence-electron chi connectivity index (χ3n) is 5.57. The minimum absolute atomic E-state index is 0.0165. The van der Waals surface area contributed by atoms with E-state index in [1.54, 1.807) is 55.2 Å². The fraction of sp³-hybridized carbons (Fsp3) is 0.250. The average Bonchev–Trinajstić information content (AvgIpc) is 3.46. The van der Waals surface area contributed by atoms with Crippen LogP contribution in [-0.2, 0) is 16.1 Å². The molecule has 0 saturated carbocycles. The summed E-state index contributed by atoms with van der Waals surface area (Å²) in [5.41, 5.74) is 1.00. The number of rotatable bonds is 8. The van der Waals surface area contributed by atoms with E-state index in [0.717, 1.165) is 0 Å². The second-order valence-electron chi connectivity index (χ2n) is 7.50. The highest BCUT2D eigenvalue weighted by Crippen LogP contribution is 2.40. The largest absolute Gasteiger partial charge is 0.507 e. The number of ether oxygens (including phenoxy) is 2. The summed E-state index contributed by atoms with van der Waals surface area (Å²) >= 11 is 0. The zero-order valence-corrected chi connectivity index (χ0v) is 18.3. The lowest BCUT2D eigenvalue weighted by atomic mass is 9.96. The first-order valence-corrected chi connectivity index (χ1v) is 10.4. The van der Waals surface area contributed by atoms with Gasteiger partial charge in [0.1, 0.15) is 5.76 Å². The van der Waals surface area contributed by atoms with Gasteiger partial charge in [0, 0.05) is 43.4 Å². The van der Waals surface area contributed by atoms with Crippen LogP contribution in [0.1, 0.15) is 23.6 Å². The predicted octanol–water partition coefficient (Wildman–Crippen LogP) is 2.81. The summed E-state index contributed by atoms with van der Waals surface area (Å²) in [5.74, 6) is -0.789. The Morgan fingerprint density at radius 1 is 1.06 bits per heavy atom. The van der Waals surface area contributed by atoms with Crippen LogP contribution in [0.15, 0.2) is 67.0 Å². The standard InChI is InChI=1S/C24H24N4O5/c1-32-18-7-6-16(13-19(18)33-2)22(29)20-21(17-5-3-8-25-14-17)28(24(31)23(20)30)11-4-10-27-12-9-26-15-27/h3,5-9,12-15,21,29H,4,10-11H2,1-2H3. The van der Waals surface area contributed by atoms with Gasteiger partial charge in [-0.2, -0.15) is 0 Å². The highest BCUT2D eigenvalue weighted by Gasteiger charge is 2.45. The van der Waals surface area contributed by atoms with Crippen LogP contribution in [0.25, 0.3) is 5.76 Å². The van der Waals surface area contributed by atoms with Gasteiger partial charge in [-0.15, -0.1) is 0 Å². The molecule has 1 aromatic carbocycles. The molecule has 4 rings (SSSR count). The van der Waals surface area contributed by atoms with Crippen LogP contribution in [0, 0.1) is 0 Å². The molecule has 1 fully saturated rings. The number of ketones is 1. The highest BCUT2D eigenvalue weighted by atomic mass is 16.5. The van der Waals surface area contributed by atoms with Crippen LogP contribution < -0.4 is 9.47 Å². The molecule has 1 atom stereocenters. The van der Waals surface area contributed by atoms with Gasteiger partial charge in [-0.3, -0.25) is 14.6 Å². The van der Waals surface area contributed by atoms with Crippen molar-refractivity contribution in [3.63, 3.8) is 0 Å². The number of aromatic nitrogens is 3. The van der Waals surface area contributed by atoms with E-state index >= 15 is 0 Å². The number of amides is 1. The van der Waals surface area contributed by atoms with Gasteiger partial charge in [0.05, 0.1) is 32.2 Å². The Labute approximate surface area is 190 Å². The number of Topliss-reactive ketones (excluding diaryl/α,β-unsaturated/α-hetero) is 1. The Hall–Kier alpha value is -4.14. The molecule has 1 saturated heterocycles. The van der Waals surface area contributed by atoms with Crippen LogP contribution in [0.3, 0.4) is 0 Å². The Kier molecular flexibility index (Phi) is 6.39. The van der Waals surface area contributed by atoms with Crippen molar-refractivity contribution in [3.8, 4) is 11.5 Å². The van der Waals surface area contributed by atoms with Crippen LogP contribution in [0.4, 0.5) is 0 Å². The van der Waals surface area contributed by atoms with Gasteiger partial charge in [-0.1, -0.05) is 6.07 Å². The van der Waals surface area contributed by atoms with E-state index in [4.69, 9.17) is 9.47 Å². The maximum Gasteiger partial charge on any atom is 0.295 e. The number of benzene rings is 1. The molecule has 1 aliphatic heterocycles. The van der Waals surface area contributed by atoms with E-state index in [0.29, 0.717) is 42.1 Å². The second kappa shape index (κ2) is 9.56. The van der Waals surface area contributed by atoms with Crippen LogP contribution in [-0.4, -0.2) is 57.0 Å². The molecule has 2 aromatic heterocycles. The Bertz CT molecular complexity index is 1170. The predicted molar refractivity (Wildman–Crippen MR) is 120 cm³/mol. The number of carbonyl (C=O) groups excluding carboxylic acids is 2. The van der Waals surface area contributed by atoms with Crippen molar-refractivity contribution in [3.05, 3.63) is 78.1 Å². The maximum atomic E-state index is 13.1. The average molecular weight is 448 g/mol. The maximum absolute atomic E-state index is 13.1. The van der Waals surface area contributed by atoms with E-state index in [9.17, 15) is 14.7 Å². The molecule has 3 heterocycles. The molecule has 0 spiro atoms. The minimum atomic E-state index is -0.755. The SMILES string of the molecule is COc1ccc(C(O)=C2C(=O)C(=O)N(CCCn3ccnc3)C2c2cccnc2)cc1OC. The summed E-state index contributed by atoms with van der Waals surface area (Å²) in [5, 5.41) is 11.2. The van der Waals surface area contributed by atoms with Gasteiger partial charge in [0.15, 0.2) is 11.5 Å². The molecule has 9 nitrogen and oxygen atoms in total. The molecule has 1 N–H and O–H groups in total. The number of aliphatic hydroxyl groups is 1. The molecule has 0 bridgehead atoms. The van der Waals surface area contributed by atoms with Crippen LogP contribution >= 0.6 is 0 Å². The summed E-state index contributed by atoms with van der Waals surface area (Å²) in [6.07, 6.45) is 9.04. The summed E-state index contributed by atoms with van der Waals surface area (Å²) in [4.78, 5) is 35.7. The zero-order chi connectivity index (χ0) is 23.4. The number of aliphatic hydroxyl groups excluding tert-OH is 1. The first-order valence-electron chi connectivity index (χ1n) is 10.4. The van der Waals surface area contributed by atoms with Gasteiger partial charge >= 0.3 is 0 Å². The zero-order valence-electron chi connectivity index (χ0n) is 18.3. The number of imidazole rings is 1. The molecule has 0 aliphatic carbocycles. The van der Waals surface area contributed by atoms with Crippen molar-refractivity contribution in [2.24, 2.45) is 0 Å². The number of hydrogen-bond donors (Lipinski definition) is 1. The van der Waals surface area contributed by atoms with Crippen LogP contribution in [0.5, 0.6) is 11.5 Å². The molecule has 1 aliphatic rings. The van der Waals surface area contributed by atoms with Gasteiger partial charge < -0.3 is 24.0 Å². The molecule has 170 valence electrons. The molecule has 0 radical (unpaired) electrons. The monoisotopic (exact) mass is 448 g/mol. The first-order chi connectivity index (χ1) is 16.0. The van der Waals surface area contributed by atoms with Gasteiger partial charge in [0.25, 0.3) is 11.7 Å². The molecular weight excluding hydrogens is 424 g/mol. The summed E-state index contributed by atoms with van der Waals surface area (Å²) in [6.45, 7) is 0.962. The highest BCUT2D eigenvalue weighted by molar-refractivity contribution is 6.46. The smallest absolute Gasteiger partial charge is 0.295 e. The molecule has 9 heteroatoms. The van der Waals surface area contributed by atoms with Gasteiger partial charge in [0.2, 0.25) is 0 Å². The van der Waals surface area contributed by atoms with Crippen molar-refractivity contribution in [1.82, 2.24) is 19.4 Å². The fourth-order valence-corrected chi connectivity index (χ4v) is 3.98. The molecular formula is C24H24N4O5. The van der Waals surface area contributed by atoms with Crippen LogP contribution in [0.2, 0.25) is 0 Å². The number of pyridine rings is 1. The lowest BCUT2D eigenvalue weighted by molar-refractivity contribution is -0.139. The normalized spacial score (nSPS) is 17.4. The number of hydrogen-bond acceptors (Lipinski definition) is 7. The number of likely N-dealkylation sites (tertiary alicyclic amines) is 1. The number of nitrogens with zero attached hydrogens (tertiary/aromatic N) is 4. The fourth-order valence-electron chi connectivity index (χ4n) is 3.98. The number of carbonyl (C=O) groups is 2. The van der Waals surface area contributed by atoms with Crippen molar-refractivity contribution >= 4 is 17.4 Å². The van der Waals surface area contributed by atoms with E-state index in [1.165, 1.54) is 19.1 Å². The first kappa shape index (κ1) is 22.1. The van der Waals surface area contributed by atoms with Crippen molar-refractivity contribution in [2.45, 2.75) is 19.0 Å². The van der Waals surface area contributed by atoms with Gasteiger partial charge in [-0.25, -0.2) is 4.98 Å². The minimum Gasteiger partial charge on any atom is -0.507 e. The second-order valence-corrected chi connectivity index (χ2v) is 7.50. The summed E-state index contributed by atoms with van der Waals surface area (Å²) in [6, 6.07) is 7.58. The van der Waals surface area contributed by atoms with E-state index in [1.807, 2.05) is 10.8 Å². The Morgan fingerprint density at radius 2 is 1.88 bits per heavy atom. The third kappa shape index (κ3) is 4.30. The quantitative estimate of drug-likeness (QED) is 0.321. The molecule has 1 unspecified atom stereocenters. The topological polar surface area (TPSA) is 107 Å². The molecule has 3 aromatic rings. The van der Waals surface area contributed by atoms with Crippen molar-refractivity contribution in [2.75, 3.05) is 20.8 Å². The van der Waals surface area contributed by atoms with Crippen molar-refractivity contribution in [1.29, 1.82) is 0 Å². The van der Waals surface area contributed by atoms with Crippen molar-refractivity contribution < 1.29 is 24.2 Å². The lowest BCUT2D eigenvalue weighted by Gasteiger charge is -2.25. The Morgan fingerprint density at radius 3 is 2.55 bits per heavy atom. The molecule has 1 amide bonds. The van der Waals surface area contributed by atoms with E-state index < -0.39 is 17.7 Å². The lowest BCUT2D eigenvalue weighted by Crippen LogP contribution is -2.31. The number of methoxy groups -OCH3 is 2. The number of aryl methyl sites for hydroxylation is 1. The van der Waals surface area contributed by atoms with Gasteiger partial charge in [-0.05, 0) is 36.2 Å². The Balaban J connectivity index is 1.73. The molecule has 33 heavy (non-hydrogen) atoms.